The van der Waals surface area contributed by atoms with Crippen LogP contribution in [0, 0.1) is 17.7 Å². The van der Waals surface area contributed by atoms with Crippen molar-refractivity contribution in [3.63, 3.8) is 0 Å². The number of hydrogen-bond donors (Lipinski definition) is 1. The quantitative estimate of drug-likeness (QED) is 0.778. The highest BCUT2D eigenvalue weighted by atomic mass is 19.1. The standard InChI is InChI=1S/C19H27FN2O2/c1-22-8-4-14(5-9-22)17-13-19(17,21)7-11-24-16-3-2-15(6-10-23)18(20)12-16/h2-3,10,12,14,17H,4-9,11,13,21H2,1H3. The van der Waals surface area contributed by atoms with Gasteiger partial charge >= 0.3 is 0 Å². The number of nitrogens with zero attached hydrogens (tertiary/aromatic N) is 1. The number of piperidine rings is 1. The Balaban J connectivity index is 1.45. The Morgan fingerprint density at radius 3 is 2.83 bits per heavy atom. The van der Waals surface area contributed by atoms with Crippen LogP contribution in [0.15, 0.2) is 18.2 Å². The highest BCUT2D eigenvalue weighted by Crippen LogP contribution is 2.51. The van der Waals surface area contributed by atoms with Crippen molar-refractivity contribution < 1.29 is 13.9 Å². The van der Waals surface area contributed by atoms with Gasteiger partial charge in [0.15, 0.2) is 0 Å². The number of rotatable bonds is 7. The van der Waals surface area contributed by atoms with Gasteiger partial charge in [0, 0.05) is 18.0 Å². The van der Waals surface area contributed by atoms with Crippen molar-refractivity contribution in [1.29, 1.82) is 0 Å². The molecule has 1 saturated carbocycles. The van der Waals surface area contributed by atoms with E-state index in [4.69, 9.17) is 10.5 Å². The SMILES string of the molecule is CN1CCC(C2CC2(N)CCOc2ccc(CC=O)c(F)c2)CC1. The molecule has 1 aromatic carbocycles. The lowest BCUT2D eigenvalue weighted by Crippen LogP contribution is -2.35. The number of halogens is 1. The van der Waals surface area contributed by atoms with E-state index in [0.29, 0.717) is 30.1 Å². The van der Waals surface area contributed by atoms with Gasteiger partial charge in [-0.1, -0.05) is 6.07 Å². The Bertz CT molecular complexity index is 587. The molecule has 2 atom stereocenters. The summed E-state index contributed by atoms with van der Waals surface area (Å²) in [5.41, 5.74) is 6.81. The van der Waals surface area contributed by atoms with E-state index in [-0.39, 0.29) is 12.0 Å². The van der Waals surface area contributed by atoms with Gasteiger partial charge in [-0.15, -0.1) is 0 Å². The lowest BCUT2D eigenvalue weighted by molar-refractivity contribution is -0.107. The number of likely N-dealkylation sites (tertiary alicyclic amines) is 1. The molecule has 4 nitrogen and oxygen atoms in total. The zero-order valence-corrected chi connectivity index (χ0v) is 14.3. The predicted molar refractivity (Wildman–Crippen MR) is 91.5 cm³/mol. The summed E-state index contributed by atoms with van der Waals surface area (Å²) in [6.45, 7) is 2.84. The third-order valence-electron chi connectivity index (χ3n) is 5.67. The summed E-state index contributed by atoms with van der Waals surface area (Å²) in [6, 6.07) is 4.67. The zero-order valence-electron chi connectivity index (χ0n) is 14.3. The average Bonchev–Trinajstić information content (AvgIpc) is 3.22. The molecule has 24 heavy (non-hydrogen) atoms. The summed E-state index contributed by atoms with van der Waals surface area (Å²) in [5, 5.41) is 0. The first-order valence-corrected chi connectivity index (χ1v) is 8.84. The average molecular weight is 334 g/mol. The molecular weight excluding hydrogens is 307 g/mol. The van der Waals surface area contributed by atoms with Crippen LogP contribution < -0.4 is 10.5 Å². The van der Waals surface area contributed by atoms with Gasteiger partial charge in [-0.3, -0.25) is 0 Å². The number of nitrogens with two attached hydrogens (primary N) is 1. The Morgan fingerprint density at radius 1 is 1.42 bits per heavy atom. The molecule has 5 heteroatoms. The summed E-state index contributed by atoms with van der Waals surface area (Å²) in [4.78, 5) is 12.8. The highest BCUT2D eigenvalue weighted by molar-refractivity contribution is 5.55. The van der Waals surface area contributed by atoms with Crippen LogP contribution in [0.2, 0.25) is 0 Å². The van der Waals surface area contributed by atoms with Crippen LogP contribution in [0.5, 0.6) is 5.75 Å². The Labute approximate surface area is 143 Å². The second kappa shape index (κ2) is 7.19. The number of benzene rings is 1. The van der Waals surface area contributed by atoms with Crippen LogP contribution in [0.25, 0.3) is 0 Å². The molecule has 1 heterocycles. The maximum Gasteiger partial charge on any atom is 0.130 e. The molecule has 2 aliphatic rings. The van der Waals surface area contributed by atoms with Crippen LogP contribution in [-0.2, 0) is 11.2 Å². The lowest BCUT2D eigenvalue weighted by Gasteiger charge is -2.30. The van der Waals surface area contributed by atoms with Gasteiger partial charge in [0.2, 0.25) is 0 Å². The molecule has 1 saturated heterocycles. The predicted octanol–water partition coefficient (Wildman–Crippen LogP) is 2.40. The molecular formula is C19H27FN2O2. The van der Waals surface area contributed by atoms with Gasteiger partial charge in [-0.05, 0) is 69.3 Å². The summed E-state index contributed by atoms with van der Waals surface area (Å²) >= 11 is 0. The molecule has 3 rings (SSSR count). The number of aldehydes is 1. The summed E-state index contributed by atoms with van der Waals surface area (Å²) in [5.74, 6) is 1.47. The zero-order chi connectivity index (χ0) is 17.2. The topological polar surface area (TPSA) is 55.6 Å². The number of carbonyl (C=O) groups is 1. The van der Waals surface area contributed by atoms with E-state index in [9.17, 15) is 9.18 Å². The van der Waals surface area contributed by atoms with E-state index >= 15 is 0 Å². The molecule has 1 aromatic rings. The lowest BCUT2D eigenvalue weighted by atomic mass is 9.89. The van der Waals surface area contributed by atoms with E-state index in [0.717, 1.165) is 18.8 Å². The van der Waals surface area contributed by atoms with Crippen LogP contribution in [0.4, 0.5) is 4.39 Å². The Hall–Kier alpha value is -1.46. The van der Waals surface area contributed by atoms with Crippen molar-refractivity contribution in [2.45, 2.75) is 37.6 Å². The Morgan fingerprint density at radius 2 is 2.17 bits per heavy atom. The monoisotopic (exact) mass is 334 g/mol. The van der Waals surface area contributed by atoms with Gasteiger partial charge < -0.3 is 20.2 Å². The maximum absolute atomic E-state index is 13.8. The van der Waals surface area contributed by atoms with Crippen molar-refractivity contribution in [2.24, 2.45) is 17.6 Å². The normalized spacial score (nSPS) is 27.9. The number of ether oxygens (including phenoxy) is 1. The minimum atomic E-state index is -0.391. The minimum Gasteiger partial charge on any atom is -0.493 e. The second-order valence-electron chi connectivity index (χ2n) is 7.41. The maximum atomic E-state index is 13.8. The largest absolute Gasteiger partial charge is 0.493 e. The highest BCUT2D eigenvalue weighted by Gasteiger charge is 2.54. The van der Waals surface area contributed by atoms with Crippen molar-refractivity contribution in [2.75, 3.05) is 26.7 Å². The van der Waals surface area contributed by atoms with Gasteiger partial charge in [-0.25, -0.2) is 4.39 Å². The third kappa shape index (κ3) is 3.95. The molecule has 1 aliphatic heterocycles. The van der Waals surface area contributed by atoms with Crippen molar-refractivity contribution in [1.82, 2.24) is 4.90 Å². The Kier molecular flexibility index (Phi) is 5.21. The summed E-state index contributed by atoms with van der Waals surface area (Å²) < 4.78 is 19.5. The molecule has 1 aliphatic carbocycles. The molecule has 2 N–H and O–H groups in total. The molecule has 0 bridgehead atoms. The van der Waals surface area contributed by atoms with E-state index in [1.807, 2.05) is 0 Å². The van der Waals surface area contributed by atoms with Gasteiger partial charge in [0.1, 0.15) is 17.9 Å². The van der Waals surface area contributed by atoms with E-state index in [1.54, 1.807) is 12.1 Å². The molecule has 0 radical (unpaired) electrons. The fourth-order valence-electron chi connectivity index (χ4n) is 3.94. The first-order chi connectivity index (χ1) is 11.5. The van der Waals surface area contributed by atoms with Gasteiger partial charge in [-0.2, -0.15) is 0 Å². The van der Waals surface area contributed by atoms with E-state index in [2.05, 4.69) is 11.9 Å². The first kappa shape index (κ1) is 17.4. The first-order valence-electron chi connectivity index (χ1n) is 8.84. The summed E-state index contributed by atoms with van der Waals surface area (Å²) in [6.07, 6.45) is 5.16. The van der Waals surface area contributed by atoms with Gasteiger partial charge in [0.05, 0.1) is 6.61 Å². The molecule has 0 spiro atoms. The van der Waals surface area contributed by atoms with Crippen molar-refractivity contribution in [3.8, 4) is 5.75 Å². The number of hydrogen-bond acceptors (Lipinski definition) is 4. The minimum absolute atomic E-state index is 0.0935. The fraction of sp³-hybridized carbons (Fsp3) is 0.632. The molecule has 0 amide bonds. The summed E-state index contributed by atoms with van der Waals surface area (Å²) in [7, 11) is 2.17. The third-order valence-corrected chi connectivity index (χ3v) is 5.67. The molecule has 132 valence electrons. The van der Waals surface area contributed by atoms with Gasteiger partial charge in [0.25, 0.3) is 0 Å². The van der Waals surface area contributed by atoms with E-state index < -0.39 is 5.82 Å². The van der Waals surface area contributed by atoms with Crippen LogP contribution >= 0.6 is 0 Å². The molecule has 2 fully saturated rings. The second-order valence-corrected chi connectivity index (χ2v) is 7.41. The number of carbonyl (C=O) groups excluding carboxylic acids is 1. The van der Waals surface area contributed by atoms with Crippen LogP contribution in [0.3, 0.4) is 0 Å². The van der Waals surface area contributed by atoms with Crippen LogP contribution in [0.1, 0.15) is 31.2 Å². The van der Waals surface area contributed by atoms with E-state index in [1.165, 1.54) is 32.0 Å². The molecule has 0 aromatic heterocycles. The van der Waals surface area contributed by atoms with Crippen molar-refractivity contribution in [3.05, 3.63) is 29.6 Å². The van der Waals surface area contributed by atoms with Crippen LogP contribution in [-0.4, -0.2) is 43.5 Å². The van der Waals surface area contributed by atoms with Crippen molar-refractivity contribution >= 4 is 6.29 Å². The smallest absolute Gasteiger partial charge is 0.130 e. The molecule has 2 unspecified atom stereocenters. The fourth-order valence-corrected chi connectivity index (χ4v) is 3.94.